The summed E-state index contributed by atoms with van der Waals surface area (Å²) < 4.78 is 71.9. The number of aryl methyl sites for hydroxylation is 2. The molecule has 0 aliphatic carbocycles. The molecule has 178 valence electrons. The van der Waals surface area contributed by atoms with Gasteiger partial charge in [-0.15, -0.1) is 0 Å². The van der Waals surface area contributed by atoms with Crippen LogP contribution in [0.1, 0.15) is 16.7 Å². The Morgan fingerprint density at radius 3 is 2.51 bits per heavy atom. The van der Waals surface area contributed by atoms with E-state index in [1.165, 1.54) is 24.4 Å². The number of nitrogens with zero attached hydrogens (tertiary/aromatic N) is 2. The molecule has 0 unspecified atom stereocenters. The van der Waals surface area contributed by atoms with Crippen molar-refractivity contribution in [2.45, 2.75) is 24.5 Å². The molecule has 35 heavy (non-hydrogen) atoms. The summed E-state index contributed by atoms with van der Waals surface area (Å²) in [6.45, 7) is 3.39. The number of aromatic nitrogens is 4. The van der Waals surface area contributed by atoms with Gasteiger partial charge in [-0.2, -0.15) is 5.10 Å². The number of aromatic amines is 2. The fourth-order valence-corrected chi connectivity index (χ4v) is 5.81. The predicted molar refractivity (Wildman–Crippen MR) is 126 cm³/mol. The summed E-state index contributed by atoms with van der Waals surface area (Å²) in [5.41, 5.74) is 0.265. The monoisotopic (exact) mass is 496 g/mol. The molecule has 0 aliphatic rings. The third-order valence-corrected chi connectivity index (χ3v) is 7.67. The van der Waals surface area contributed by atoms with Gasteiger partial charge < -0.3 is 4.98 Å². The number of rotatable bonds is 5. The van der Waals surface area contributed by atoms with Gasteiger partial charge in [-0.25, -0.2) is 26.6 Å². The summed E-state index contributed by atoms with van der Waals surface area (Å²) in [7, 11) is -3.95. The van der Waals surface area contributed by atoms with Crippen LogP contribution < -0.4 is 0 Å². The van der Waals surface area contributed by atoms with Gasteiger partial charge in [0.1, 0.15) is 22.8 Å². The highest BCUT2D eigenvalue weighted by molar-refractivity contribution is 7.90. The van der Waals surface area contributed by atoms with E-state index >= 15 is 8.78 Å². The second kappa shape index (κ2) is 8.38. The molecule has 2 heterocycles. The van der Waals surface area contributed by atoms with Gasteiger partial charge in [-0.05, 0) is 43.2 Å². The fraction of sp³-hybridized carbons (Fsp3) is 0.120. The maximum atomic E-state index is 15.5. The Kier molecular flexibility index (Phi) is 5.47. The summed E-state index contributed by atoms with van der Waals surface area (Å²) in [5, 5.41) is 7.01. The van der Waals surface area contributed by atoms with E-state index in [0.29, 0.717) is 22.5 Å². The number of benzene rings is 3. The van der Waals surface area contributed by atoms with Crippen LogP contribution in [-0.2, 0) is 15.6 Å². The van der Waals surface area contributed by atoms with Gasteiger partial charge in [0.2, 0.25) is 0 Å². The van der Waals surface area contributed by atoms with Gasteiger partial charge in [0.15, 0.2) is 21.5 Å². The number of imidazole rings is 1. The fourth-order valence-electron chi connectivity index (χ4n) is 4.10. The van der Waals surface area contributed by atoms with Gasteiger partial charge >= 0.3 is 0 Å². The Balaban J connectivity index is 1.60. The number of nitrogens with one attached hydrogen (secondary N) is 2. The molecule has 6 nitrogen and oxygen atoms in total. The van der Waals surface area contributed by atoms with Crippen molar-refractivity contribution in [3.63, 3.8) is 0 Å². The molecule has 0 spiro atoms. The van der Waals surface area contributed by atoms with Crippen molar-refractivity contribution in [2.24, 2.45) is 0 Å². The minimum atomic E-state index is -3.95. The Hall–Kier alpha value is -3.92. The molecule has 0 atom stereocenters. The molecule has 0 saturated carbocycles. The molecular formula is C25H19F3N4O2S. The minimum absolute atomic E-state index is 0.0670. The van der Waals surface area contributed by atoms with Crippen molar-refractivity contribution in [2.75, 3.05) is 0 Å². The Bertz CT molecular complexity index is 1690. The molecule has 5 rings (SSSR count). The summed E-state index contributed by atoms with van der Waals surface area (Å²) in [6.07, 6.45) is 3.12. The summed E-state index contributed by atoms with van der Waals surface area (Å²) in [4.78, 5) is 7.05. The third-order valence-electron chi connectivity index (χ3n) is 5.86. The number of hydrogen-bond acceptors (Lipinski definition) is 4. The summed E-state index contributed by atoms with van der Waals surface area (Å²) >= 11 is 0. The molecule has 0 amide bonds. The first-order chi connectivity index (χ1) is 16.7. The number of hydrogen-bond donors (Lipinski definition) is 2. The van der Waals surface area contributed by atoms with E-state index in [0.717, 1.165) is 17.7 Å². The molecular weight excluding hydrogens is 477 g/mol. The van der Waals surface area contributed by atoms with Crippen molar-refractivity contribution in [3.8, 4) is 22.6 Å². The van der Waals surface area contributed by atoms with Crippen LogP contribution in [-0.4, -0.2) is 28.6 Å². The van der Waals surface area contributed by atoms with E-state index in [1.807, 2.05) is 0 Å². The molecule has 0 radical (unpaired) electrons. The van der Waals surface area contributed by atoms with Crippen molar-refractivity contribution < 1.29 is 21.6 Å². The Morgan fingerprint density at radius 1 is 0.971 bits per heavy atom. The highest BCUT2D eigenvalue weighted by Crippen LogP contribution is 2.36. The number of sulfone groups is 1. The highest BCUT2D eigenvalue weighted by Gasteiger charge is 2.26. The normalized spacial score (nSPS) is 11.9. The topological polar surface area (TPSA) is 91.5 Å². The Labute approximate surface area is 198 Å². The maximum Gasteiger partial charge on any atom is 0.182 e. The molecule has 5 aromatic rings. The van der Waals surface area contributed by atoms with Gasteiger partial charge in [0.05, 0.1) is 16.2 Å². The van der Waals surface area contributed by atoms with Crippen molar-refractivity contribution in [3.05, 3.63) is 89.0 Å². The Morgan fingerprint density at radius 2 is 1.77 bits per heavy atom. The van der Waals surface area contributed by atoms with Crippen molar-refractivity contribution >= 4 is 20.7 Å². The molecule has 0 fully saturated rings. The largest absolute Gasteiger partial charge is 0.343 e. The lowest BCUT2D eigenvalue weighted by molar-refractivity contribution is 0.570. The first-order valence-corrected chi connectivity index (χ1v) is 12.3. The third kappa shape index (κ3) is 3.89. The zero-order valence-corrected chi connectivity index (χ0v) is 19.5. The average molecular weight is 497 g/mol. The quantitative estimate of drug-likeness (QED) is 0.330. The SMILES string of the molecule is Cc1ccc(C)c(S(=O)(=O)Cc2ccc(F)c(-c3ccc4c(-c5ncc[nH]5)[nH]nc4c3F)c2F)c1. The minimum Gasteiger partial charge on any atom is -0.343 e. The summed E-state index contributed by atoms with van der Waals surface area (Å²) in [6, 6.07) is 9.67. The average Bonchev–Trinajstić information content (AvgIpc) is 3.49. The van der Waals surface area contributed by atoms with Crippen LogP contribution in [0.25, 0.3) is 33.5 Å². The first kappa shape index (κ1) is 22.9. The van der Waals surface area contributed by atoms with Gasteiger partial charge in [-0.3, -0.25) is 5.10 Å². The van der Waals surface area contributed by atoms with E-state index < -0.39 is 38.6 Å². The molecule has 2 aromatic heterocycles. The van der Waals surface area contributed by atoms with E-state index in [4.69, 9.17) is 0 Å². The smallest absolute Gasteiger partial charge is 0.182 e. The molecule has 10 heteroatoms. The highest BCUT2D eigenvalue weighted by atomic mass is 32.2. The van der Waals surface area contributed by atoms with E-state index in [1.54, 1.807) is 32.2 Å². The molecule has 2 N–H and O–H groups in total. The van der Waals surface area contributed by atoms with Crippen LogP contribution in [0.3, 0.4) is 0 Å². The van der Waals surface area contributed by atoms with Crippen LogP contribution in [0, 0.1) is 31.3 Å². The number of fused-ring (bicyclic) bond motifs is 1. The van der Waals surface area contributed by atoms with Gasteiger partial charge in [0, 0.05) is 28.9 Å². The number of H-pyrrole nitrogens is 2. The van der Waals surface area contributed by atoms with E-state index in [-0.39, 0.29) is 21.5 Å². The summed E-state index contributed by atoms with van der Waals surface area (Å²) in [5.74, 6) is -3.38. The van der Waals surface area contributed by atoms with Crippen LogP contribution in [0.2, 0.25) is 0 Å². The predicted octanol–water partition coefficient (Wildman–Crippen LogP) is 5.63. The van der Waals surface area contributed by atoms with Crippen LogP contribution in [0.4, 0.5) is 13.2 Å². The van der Waals surface area contributed by atoms with E-state index in [2.05, 4.69) is 20.2 Å². The molecule has 0 bridgehead atoms. The molecule has 3 aromatic carbocycles. The van der Waals surface area contributed by atoms with Crippen molar-refractivity contribution in [1.29, 1.82) is 0 Å². The van der Waals surface area contributed by atoms with Gasteiger partial charge in [-0.1, -0.05) is 24.3 Å². The lowest BCUT2D eigenvalue weighted by atomic mass is 9.99. The molecule has 0 aliphatic heterocycles. The lowest BCUT2D eigenvalue weighted by Crippen LogP contribution is -2.10. The first-order valence-electron chi connectivity index (χ1n) is 10.6. The van der Waals surface area contributed by atoms with Crippen LogP contribution in [0.15, 0.2) is 59.8 Å². The van der Waals surface area contributed by atoms with Crippen LogP contribution in [0.5, 0.6) is 0 Å². The molecule has 0 saturated heterocycles. The van der Waals surface area contributed by atoms with Crippen LogP contribution >= 0.6 is 0 Å². The zero-order chi connectivity index (χ0) is 24.9. The van der Waals surface area contributed by atoms with E-state index in [9.17, 15) is 12.8 Å². The van der Waals surface area contributed by atoms with Crippen molar-refractivity contribution in [1.82, 2.24) is 20.2 Å². The maximum absolute atomic E-state index is 15.5. The standard InChI is InChI=1S/C25H19F3N4O2S/c1-13-3-4-14(2)19(11-13)35(33,34)12-15-5-8-18(26)20(21(15)27)16-6-7-17-23(22(16)28)31-32-24(17)25-29-9-10-30-25/h3-11H,12H2,1-2H3,(H,29,30)(H,31,32). The second-order valence-corrected chi connectivity index (χ2v) is 10.2. The second-order valence-electron chi connectivity index (χ2n) is 8.28. The lowest BCUT2D eigenvalue weighted by Gasteiger charge is -2.13. The number of halogens is 3. The zero-order valence-electron chi connectivity index (χ0n) is 18.7. The van der Waals surface area contributed by atoms with Gasteiger partial charge in [0.25, 0.3) is 0 Å².